The second-order valence-electron chi connectivity index (χ2n) is 6.02. The molecule has 4 aromatic rings. The van der Waals surface area contributed by atoms with E-state index in [1.54, 1.807) is 28.4 Å². The predicted octanol–water partition coefficient (Wildman–Crippen LogP) is 3.53. The predicted molar refractivity (Wildman–Crippen MR) is 101 cm³/mol. The molecule has 7 heteroatoms. The first-order valence-corrected chi connectivity index (χ1v) is 9.03. The third-order valence-corrected chi connectivity index (χ3v) is 4.75. The van der Waals surface area contributed by atoms with Gasteiger partial charge in [0.2, 0.25) is 0 Å². The fourth-order valence-electron chi connectivity index (χ4n) is 2.80. The first-order valence-electron chi connectivity index (χ1n) is 8.08. The maximum atomic E-state index is 4.74. The molecule has 0 amide bonds. The summed E-state index contributed by atoms with van der Waals surface area (Å²) in [6.07, 6.45) is 6.27. The van der Waals surface area contributed by atoms with Crippen molar-refractivity contribution in [1.29, 1.82) is 0 Å². The molecule has 1 N–H and O–H groups in total. The number of hydrogen-bond acceptors (Lipinski definition) is 6. The number of nitrogens with zero attached hydrogens (tertiary/aromatic N) is 5. The minimum atomic E-state index is 0.245. The number of pyridine rings is 1. The first-order chi connectivity index (χ1) is 12.2. The van der Waals surface area contributed by atoms with Crippen LogP contribution in [0.5, 0.6) is 0 Å². The number of thiophene rings is 1. The van der Waals surface area contributed by atoms with Crippen molar-refractivity contribution >= 4 is 28.2 Å². The molecule has 0 radical (unpaired) electrons. The van der Waals surface area contributed by atoms with Gasteiger partial charge in [0.05, 0.1) is 11.6 Å². The normalized spacial score (nSPS) is 12.4. The number of nitrogens with one attached hydrogen (secondary N) is 1. The molecule has 4 heterocycles. The van der Waals surface area contributed by atoms with Crippen LogP contribution in [0.25, 0.3) is 22.4 Å². The zero-order valence-corrected chi connectivity index (χ0v) is 14.9. The van der Waals surface area contributed by atoms with E-state index in [1.165, 1.54) is 5.56 Å². The summed E-state index contributed by atoms with van der Waals surface area (Å²) < 4.78 is 1.77. The van der Waals surface area contributed by atoms with Crippen molar-refractivity contribution < 1.29 is 0 Å². The molecule has 1 atom stereocenters. The summed E-state index contributed by atoms with van der Waals surface area (Å²) in [4.78, 5) is 13.6. The van der Waals surface area contributed by atoms with Crippen LogP contribution in [-0.4, -0.2) is 30.8 Å². The SMILES string of the molecule is CC(Cc1ccsc1)Nc1nc(-c2cccnc2)nc2c1cnn2C. The maximum Gasteiger partial charge on any atom is 0.165 e. The number of fused-ring (bicyclic) bond motifs is 1. The van der Waals surface area contributed by atoms with Gasteiger partial charge >= 0.3 is 0 Å². The van der Waals surface area contributed by atoms with Crippen LogP contribution in [0.1, 0.15) is 12.5 Å². The molecule has 6 nitrogen and oxygen atoms in total. The van der Waals surface area contributed by atoms with E-state index in [0.717, 1.165) is 28.8 Å². The Kier molecular flexibility index (Phi) is 4.15. The molecule has 4 rings (SSSR count). The highest BCUT2D eigenvalue weighted by atomic mass is 32.1. The molecule has 0 saturated heterocycles. The van der Waals surface area contributed by atoms with Crippen molar-refractivity contribution in [2.24, 2.45) is 7.05 Å². The molecular weight excluding hydrogens is 332 g/mol. The van der Waals surface area contributed by atoms with Gasteiger partial charge in [-0.15, -0.1) is 0 Å². The molecule has 4 aromatic heterocycles. The van der Waals surface area contributed by atoms with Gasteiger partial charge in [0, 0.05) is 31.0 Å². The molecule has 0 bridgehead atoms. The Morgan fingerprint density at radius 1 is 1.24 bits per heavy atom. The minimum absolute atomic E-state index is 0.245. The summed E-state index contributed by atoms with van der Waals surface area (Å²) in [5.74, 6) is 1.45. The van der Waals surface area contributed by atoms with E-state index in [4.69, 9.17) is 4.98 Å². The first kappa shape index (κ1) is 15.7. The lowest BCUT2D eigenvalue weighted by atomic mass is 10.1. The molecule has 126 valence electrons. The zero-order chi connectivity index (χ0) is 17.2. The molecule has 0 spiro atoms. The Balaban J connectivity index is 1.71. The van der Waals surface area contributed by atoms with Crippen molar-refractivity contribution in [3.05, 3.63) is 53.1 Å². The molecule has 1 unspecified atom stereocenters. The Morgan fingerprint density at radius 2 is 2.16 bits per heavy atom. The van der Waals surface area contributed by atoms with E-state index in [0.29, 0.717) is 5.82 Å². The lowest BCUT2D eigenvalue weighted by Gasteiger charge is -2.15. The Morgan fingerprint density at radius 3 is 2.92 bits per heavy atom. The van der Waals surface area contributed by atoms with Crippen LogP contribution >= 0.6 is 11.3 Å². The zero-order valence-electron chi connectivity index (χ0n) is 14.0. The highest BCUT2D eigenvalue weighted by molar-refractivity contribution is 7.07. The monoisotopic (exact) mass is 350 g/mol. The van der Waals surface area contributed by atoms with Gasteiger partial charge in [0.25, 0.3) is 0 Å². The number of rotatable bonds is 5. The number of anilines is 1. The molecule has 0 aliphatic carbocycles. The summed E-state index contributed by atoms with van der Waals surface area (Å²) in [7, 11) is 1.89. The Bertz CT molecular complexity index is 978. The van der Waals surface area contributed by atoms with Crippen molar-refractivity contribution in [1.82, 2.24) is 24.7 Å². The van der Waals surface area contributed by atoms with Crippen LogP contribution in [0.3, 0.4) is 0 Å². The van der Waals surface area contributed by atoms with Crippen molar-refractivity contribution in [3.63, 3.8) is 0 Å². The van der Waals surface area contributed by atoms with E-state index < -0.39 is 0 Å². The van der Waals surface area contributed by atoms with Crippen LogP contribution in [-0.2, 0) is 13.5 Å². The molecule has 0 aliphatic heterocycles. The molecule has 25 heavy (non-hydrogen) atoms. The smallest absolute Gasteiger partial charge is 0.165 e. The lowest BCUT2D eigenvalue weighted by molar-refractivity contribution is 0.782. The van der Waals surface area contributed by atoms with Gasteiger partial charge in [-0.25, -0.2) is 9.97 Å². The third kappa shape index (κ3) is 3.23. The van der Waals surface area contributed by atoms with E-state index >= 15 is 0 Å². The summed E-state index contributed by atoms with van der Waals surface area (Å²) in [5, 5.41) is 13.1. The van der Waals surface area contributed by atoms with E-state index in [9.17, 15) is 0 Å². The quantitative estimate of drug-likeness (QED) is 0.596. The van der Waals surface area contributed by atoms with Gasteiger partial charge in [-0.05, 0) is 47.9 Å². The van der Waals surface area contributed by atoms with E-state index in [1.807, 2.05) is 25.4 Å². The second-order valence-corrected chi connectivity index (χ2v) is 6.80. The fourth-order valence-corrected chi connectivity index (χ4v) is 3.48. The number of hydrogen-bond donors (Lipinski definition) is 1. The molecule has 0 aliphatic rings. The van der Waals surface area contributed by atoms with Crippen molar-refractivity contribution in [2.75, 3.05) is 5.32 Å². The van der Waals surface area contributed by atoms with Crippen LogP contribution in [0.2, 0.25) is 0 Å². The largest absolute Gasteiger partial charge is 0.367 e. The Hall–Kier alpha value is -2.80. The van der Waals surface area contributed by atoms with Gasteiger partial charge in [0.1, 0.15) is 5.82 Å². The lowest BCUT2D eigenvalue weighted by Crippen LogP contribution is -2.19. The molecule has 0 fully saturated rings. The summed E-state index contributed by atoms with van der Waals surface area (Å²) in [6.45, 7) is 2.16. The maximum absolute atomic E-state index is 4.74. The van der Waals surface area contributed by atoms with E-state index in [-0.39, 0.29) is 6.04 Å². The molecular formula is C18H18N6S. The number of aromatic nitrogens is 5. The highest BCUT2D eigenvalue weighted by Crippen LogP contribution is 2.25. The van der Waals surface area contributed by atoms with Gasteiger partial charge in [-0.2, -0.15) is 16.4 Å². The topological polar surface area (TPSA) is 68.5 Å². The van der Waals surface area contributed by atoms with Crippen LogP contribution in [0, 0.1) is 0 Å². The van der Waals surface area contributed by atoms with Crippen molar-refractivity contribution in [2.45, 2.75) is 19.4 Å². The number of aryl methyl sites for hydroxylation is 1. The van der Waals surface area contributed by atoms with Crippen LogP contribution in [0.4, 0.5) is 5.82 Å². The van der Waals surface area contributed by atoms with Gasteiger partial charge in [-0.3, -0.25) is 9.67 Å². The summed E-state index contributed by atoms with van der Waals surface area (Å²) in [5.41, 5.74) is 3.02. The molecule has 0 aromatic carbocycles. The van der Waals surface area contributed by atoms with E-state index in [2.05, 4.69) is 44.1 Å². The van der Waals surface area contributed by atoms with Gasteiger partial charge < -0.3 is 5.32 Å². The van der Waals surface area contributed by atoms with Crippen LogP contribution < -0.4 is 5.32 Å². The minimum Gasteiger partial charge on any atom is -0.367 e. The van der Waals surface area contributed by atoms with Crippen molar-refractivity contribution in [3.8, 4) is 11.4 Å². The molecule has 0 saturated carbocycles. The average Bonchev–Trinajstić information content (AvgIpc) is 3.26. The summed E-state index contributed by atoms with van der Waals surface area (Å²) in [6, 6.07) is 6.25. The average molecular weight is 350 g/mol. The standard InChI is InChI=1S/C18H18N6S/c1-12(8-13-5-7-25-11-13)21-17-15-10-20-24(2)18(15)23-16(22-17)14-4-3-6-19-9-14/h3-7,9-12H,8H2,1-2H3,(H,21,22,23). The van der Waals surface area contributed by atoms with Gasteiger partial charge in [-0.1, -0.05) is 0 Å². The Labute approximate surface area is 149 Å². The van der Waals surface area contributed by atoms with Crippen LogP contribution in [0.15, 0.2) is 47.5 Å². The third-order valence-electron chi connectivity index (χ3n) is 4.02. The van der Waals surface area contributed by atoms with Gasteiger partial charge in [0.15, 0.2) is 11.5 Å². The highest BCUT2D eigenvalue weighted by Gasteiger charge is 2.15. The second kappa shape index (κ2) is 6.60. The fraction of sp³-hybridized carbons (Fsp3) is 0.222. The summed E-state index contributed by atoms with van der Waals surface area (Å²) >= 11 is 1.72.